The number of anilines is 1. The lowest BCUT2D eigenvalue weighted by Gasteiger charge is -2.15. The maximum absolute atomic E-state index is 12.1. The van der Waals surface area contributed by atoms with Crippen molar-refractivity contribution in [2.45, 2.75) is 10.3 Å². The summed E-state index contributed by atoms with van der Waals surface area (Å²) in [6, 6.07) is 10.5. The van der Waals surface area contributed by atoms with E-state index >= 15 is 0 Å². The van der Waals surface area contributed by atoms with Crippen molar-refractivity contribution in [3.8, 4) is 0 Å². The number of benzene rings is 1. The van der Waals surface area contributed by atoms with Gasteiger partial charge in [0.1, 0.15) is 4.21 Å². The van der Waals surface area contributed by atoms with E-state index in [1.165, 1.54) is 6.07 Å². The van der Waals surface area contributed by atoms with Gasteiger partial charge in [-0.1, -0.05) is 12.1 Å². The van der Waals surface area contributed by atoms with E-state index < -0.39 is 16.1 Å². The molecule has 2 N–H and O–H groups in total. The van der Waals surface area contributed by atoms with Crippen LogP contribution < -0.4 is 9.62 Å². The van der Waals surface area contributed by atoms with Crippen LogP contribution in [0.4, 0.5) is 5.69 Å². The smallest absolute Gasteiger partial charge is 0.250 e. The first-order valence-corrected chi connectivity index (χ1v) is 9.59. The van der Waals surface area contributed by atoms with Gasteiger partial charge in [0.05, 0.1) is 9.89 Å². The molecule has 1 aromatic carbocycles. The van der Waals surface area contributed by atoms with Crippen molar-refractivity contribution >= 4 is 43.0 Å². The Labute approximate surface area is 142 Å². The quantitative estimate of drug-likeness (QED) is 0.775. The van der Waals surface area contributed by atoms with Gasteiger partial charge in [-0.25, -0.2) is 13.1 Å². The zero-order chi connectivity index (χ0) is 16.3. The molecule has 5 nitrogen and oxygen atoms in total. The third kappa shape index (κ3) is 4.30. The van der Waals surface area contributed by atoms with Gasteiger partial charge in [0, 0.05) is 26.3 Å². The fraction of sp³-hybridized carbons (Fsp3) is 0.286. The van der Waals surface area contributed by atoms with E-state index in [1.54, 1.807) is 18.2 Å². The molecule has 8 heteroatoms. The molecule has 1 aromatic heterocycles. The predicted molar refractivity (Wildman–Crippen MR) is 92.9 cm³/mol. The van der Waals surface area contributed by atoms with Gasteiger partial charge in [0.15, 0.2) is 0 Å². The summed E-state index contributed by atoms with van der Waals surface area (Å²) in [4.78, 5) is 1.95. The molecule has 0 spiro atoms. The Morgan fingerprint density at radius 1 is 1.23 bits per heavy atom. The standard InChI is InChI=1S/C14H17BrN2O3S2/c1-17(2)11-5-3-10(4-6-11)12(18)9-16-22(19,20)14-8-7-13(15)21-14/h3-8,12,16,18H,9H2,1-2H3. The van der Waals surface area contributed by atoms with Gasteiger partial charge < -0.3 is 10.0 Å². The third-order valence-electron chi connectivity index (χ3n) is 3.07. The molecule has 0 saturated carbocycles. The number of nitrogens with one attached hydrogen (secondary N) is 1. The van der Waals surface area contributed by atoms with E-state index in [2.05, 4.69) is 20.7 Å². The van der Waals surface area contributed by atoms with Gasteiger partial charge in [-0.2, -0.15) is 0 Å². The van der Waals surface area contributed by atoms with Crippen LogP contribution in [0.25, 0.3) is 0 Å². The van der Waals surface area contributed by atoms with Gasteiger partial charge in [0.25, 0.3) is 0 Å². The van der Waals surface area contributed by atoms with Crippen LogP contribution in [0.15, 0.2) is 44.4 Å². The summed E-state index contributed by atoms with van der Waals surface area (Å²) in [5, 5.41) is 10.1. The lowest BCUT2D eigenvalue weighted by atomic mass is 10.1. The number of aliphatic hydroxyl groups is 1. The van der Waals surface area contributed by atoms with Crippen molar-refractivity contribution in [2.24, 2.45) is 0 Å². The van der Waals surface area contributed by atoms with Gasteiger partial charge >= 0.3 is 0 Å². The number of hydrogen-bond donors (Lipinski definition) is 2. The molecule has 0 radical (unpaired) electrons. The topological polar surface area (TPSA) is 69.6 Å². The second-order valence-corrected chi connectivity index (χ2v) is 9.37. The lowest BCUT2D eigenvalue weighted by molar-refractivity contribution is 0.182. The maximum Gasteiger partial charge on any atom is 0.250 e. The second-order valence-electron chi connectivity index (χ2n) is 4.91. The molecule has 0 bridgehead atoms. The molecule has 1 heterocycles. The summed E-state index contributed by atoms with van der Waals surface area (Å²) in [7, 11) is 0.265. The Morgan fingerprint density at radius 3 is 2.36 bits per heavy atom. The average Bonchev–Trinajstić information content (AvgIpc) is 2.92. The highest BCUT2D eigenvalue weighted by molar-refractivity contribution is 9.11. The van der Waals surface area contributed by atoms with E-state index in [0.717, 1.165) is 20.8 Å². The number of sulfonamides is 1. The number of thiophene rings is 1. The Balaban J connectivity index is 2.01. The summed E-state index contributed by atoms with van der Waals surface area (Å²) in [5.41, 5.74) is 1.68. The number of rotatable bonds is 6. The zero-order valence-corrected chi connectivity index (χ0v) is 15.4. The highest BCUT2D eigenvalue weighted by Gasteiger charge is 2.18. The van der Waals surface area contributed by atoms with Crippen LogP contribution in [-0.2, 0) is 10.0 Å². The molecule has 2 rings (SSSR count). The van der Waals surface area contributed by atoms with Crippen LogP contribution in [0.2, 0.25) is 0 Å². The van der Waals surface area contributed by atoms with Crippen LogP contribution >= 0.6 is 27.3 Å². The normalized spacial score (nSPS) is 13.1. The van der Waals surface area contributed by atoms with Crippen LogP contribution in [-0.4, -0.2) is 34.2 Å². The van der Waals surface area contributed by atoms with E-state index in [1.807, 2.05) is 31.1 Å². The SMILES string of the molecule is CN(C)c1ccc(C(O)CNS(=O)(=O)c2ccc(Br)s2)cc1. The molecule has 0 aliphatic rings. The van der Waals surface area contributed by atoms with Gasteiger partial charge in [-0.05, 0) is 45.8 Å². The monoisotopic (exact) mass is 404 g/mol. The van der Waals surface area contributed by atoms with Crippen LogP contribution in [0.3, 0.4) is 0 Å². The van der Waals surface area contributed by atoms with E-state index in [-0.39, 0.29) is 10.8 Å². The maximum atomic E-state index is 12.1. The molecule has 0 aliphatic heterocycles. The van der Waals surface area contributed by atoms with Gasteiger partial charge in [-0.15, -0.1) is 11.3 Å². The second kappa shape index (κ2) is 7.10. The van der Waals surface area contributed by atoms with Crippen molar-refractivity contribution in [1.29, 1.82) is 0 Å². The van der Waals surface area contributed by atoms with E-state index in [0.29, 0.717) is 5.56 Å². The summed E-state index contributed by atoms with van der Waals surface area (Å²) >= 11 is 4.36. The fourth-order valence-corrected chi connectivity index (χ4v) is 4.91. The van der Waals surface area contributed by atoms with Crippen LogP contribution in [0, 0.1) is 0 Å². The van der Waals surface area contributed by atoms with Crippen LogP contribution in [0.1, 0.15) is 11.7 Å². The number of hydrogen-bond acceptors (Lipinski definition) is 5. The highest BCUT2D eigenvalue weighted by atomic mass is 79.9. The van der Waals surface area contributed by atoms with Crippen molar-refractivity contribution in [3.63, 3.8) is 0 Å². The molecule has 0 saturated heterocycles. The predicted octanol–water partition coefficient (Wildman–Crippen LogP) is 2.59. The van der Waals surface area contributed by atoms with Crippen molar-refractivity contribution < 1.29 is 13.5 Å². The molecule has 120 valence electrons. The first kappa shape index (κ1) is 17.4. The Kier molecular flexibility index (Phi) is 5.62. The summed E-state index contributed by atoms with van der Waals surface area (Å²) in [6.45, 7) is -0.0703. The minimum Gasteiger partial charge on any atom is -0.387 e. The molecule has 1 unspecified atom stereocenters. The van der Waals surface area contributed by atoms with Crippen molar-refractivity contribution in [2.75, 3.05) is 25.5 Å². The first-order valence-electron chi connectivity index (χ1n) is 6.50. The zero-order valence-electron chi connectivity index (χ0n) is 12.2. The minimum absolute atomic E-state index is 0.0703. The Bertz CT molecular complexity index is 727. The number of aliphatic hydroxyl groups excluding tert-OH is 1. The largest absolute Gasteiger partial charge is 0.387 e. The summed E-state index contributed by atoms with van der Waals surface area (Å²) < 4.78 is 27.6. The molecule has 22 heavy (non-hydrogen) atoms. The molecule has 1 atom stereocenters. The number of halogens is 1. The average molecular weight is 405 g/mol. The van der Waals surface area contributed by atoms with Crippen molar-refractivity contribution in [3.05, 3.63) is 45.7 Å². The van der Waals surface area contributed by atoms with Crippen molar-refractivity contribution in [1.82, 2.24) is 4.72 Å². The summed E-state index contributed by atoms with van der Waals surface area (Å²) in [5.74, 6) is 0. The minimum atomic E-state index is -3.59. The fourth-order valence-electron chi connectivity index (χ4n) is 1.81. The molecule has 0 fully saturated rings. The molecule has 0 amide bonds. The Hall–Kier alpha value is -0.930. The highest BCUT2D eigenvalue weighted by Crippen LogP contribution is 2.26. The summed E-state index contributed by atoms with van der Waals surface area (Å²) in [6.07, 6.45) is -0.894. The molecular formula is C14H17BrN2O3S2. The number of nitrogens with zero attached hydrogens (tertiary/aromatic N) is 1. The third-order valence-corrected chi connectivity index (χ3v) is 6.61. The van der Waals surface area contributed by atoms with Gasteiger partial charge in [-0.3, -0.25) is 0 Å². The molecule has 0 aliphatic carbocycles. The molecular weight excluding hydrogens is 388 g/mol. The van der Waals surface area contributed by atoms with Crippen LogP contribution in [0.5, 0.6) is 0 Å². The lowest BCUT2D eigenvalue weighted by Crippen LogP contribution is -2.28. The Morgan fingerprint density at radius 2 is 1.86 bits per heavy atom. The van der Waals surface area contributed by atoms with E-state index in [4.69, 9.17) is 0 Å². The van der Waals surface area contributed by atoms with E-state index in [9.17, 15) is 13.5 Å². The first-order chi connectivity index (χ1) is 10.3. The molecule has 2 aromatic rings. The van der Waals surface area contributed by atoms with Gasteiger partial charge in [0.2, 0.25) is 10.0 Å².